The van der Waals surface area contributed by atoms with E-state index >= 15 is 0 Å². The van der Waals surface area contributed by atoms with E-state index in [4.69, 9.17) is 9.47 Å². The first-order chi connectivity index (χ1) is 13.2. The topological polar surface area (TPSA) is 50.8 Å². The molecular weight excluding hydrogens is 340 g/mol. The summed E-state index contributed by atoms with van der Waals surface area (Å²) in [5, 5.41) is 3.00. The summed E-state index contributed by atoms with van der Waals surface area (Å²) >= 11 is 0. The van der Waals surface area contributed by atoms with E-state index < -0.39 is 0 Å². The number of nitrogens with one attached hydrogen (secondary N) is 1. The highest BCUT2D eigenvalue weighted by atomic mass is 16.5. The van der Waals surface area contributed by atoms with Gasteiger partial charge in [-0.2, -0.15) is 0 Å². The molecule has 1 aliphatic heterocycles. The van der Waals surface area contributed by atoms with Crippen LogP contribution in [0, 0.1) is 5.92 Å². The fraction of sp³-hybridized carbons (Fsp3) is 0.409. The summed E-state index contributed by atoms with van der Waals surface area (Å²) in [6.07, 6.45) is 2.21. The number of hydrogen-bond acceptors (Lipinski definition) is 4. The molecule has 5 nitrogen and oxygen atoms in total. The highest BCUT2D eigenvalue weighted by Gasteiger charge is 2.19. The molecule has 1 fully saturated rings. The van der Waals surface area contributed by atoms with Gasteiger partial charge in [-0.05, 0) is 61.7 Å². The van der Waals surface area contributed by atoms with Gasteiger partial charge in [0.1, 0.15) is 11.5 Å². The summed E-state index contributed by atoms with van der Waals surface area (Å²) < 4.78 is 10.7. The van der Waals surface area contributed by atoms with E-state index in [1.54, 1.807) is 7.11 Å². The van der Waals surface area contributed by atoms with Crippen LogP contribution in [0.15, 0.2) is 54.6 Å². The molecule has 0 radical (unpaired) electrons. The Balaban J connectivity index is 1.32. The van der Waals surface area contributed by atoms with Crippen molar-refractivity contribution in [3.05, 3.63) is 60.2 Å². The van der Waals surface area contributed by atoms with Crippen molar-refractivity contribution < 1.29 is 14.3 Å². The number of para-hydroxylation sites is 1. The average Bonchev–Trinajstić information content (AvgIpc) is 2.73. The lowest BCUT2D eigenvalue weighted by molar-refractivity contribution is -0.123. The third-order valence-electron chi connectivity index (χ3n) is 4.97. The normalized spacial score (nSPS) is 15.3. The first-order valence-corrected chi connectivity index (χ1v) is 9.53. The molecule has 0 spiro atoms. The highest BCUT2D eigenvalue weighted by Crippen LogP contribution is 2.19. The van der Waals surface area contributed by atoms with Gasteiger partial charge in [0.15, 0.2) is 6.61 Å². The van der Waals surface area contributed by atoms with Crippen LogP contribution < -0.4 is 14.8 Å². The maximum Gasteiger partial charge on any atom is 0.257 e. The van der Waals surface area contributed by atoms with Gasteiger partial charge in [0, 0.05) is 13.1 Å². The molecule has 2 aromatic carbocycles. The number of amides is 1. The Kier molecular flexibility index (Phi) is 7.11. The lowest BCUT2D eigenvalue weighted by Gasteiger charge is -2.32. The van der Waals surface area contributed by atoms with Gasteiger partial charge < -0.3 is 14.8 Å². The third kappa shape index (κ3) is 6.29. The van der Waals surface area contributed by atoms with Gasteiger partial charge in [-0.15, -0.1) is 0 Å². The Morgan fingerprint density at radius 3 is 2.41 bits per heavy atom. The zero-order chi connectivity index (χ0) is 18.9. The molecule has 144 valence electrons. The average molecular weight is 368 g/mol. The second kappa shape index (κ2) is 9.97. The van der Waals surface area contributed by atoms with E-state index in [1.165, 1.54) is 5.56 Å². The van der Waals surface area contributed by atoms with Crippen LogP contribution in [0.4, 0.5) is 0 Å². The molecule has 0 atom stereocenters. The molecule has 0 bridgehead atoms. The number of carbonyl (C=O) groups is 1. The van der Waals surface area contributed by atoms with Crippen molar-refractivity contribution in [2.24, 2.45) is 5.92 Å². The van der Waals surface area contributed by atoms with Crippen LogP contribution in [0.2, 0.25) is 0 Å². The van der Waals surface area contributed by atoms with Crippen LogP contribution in [0.5, 0.6) is 11.5 Å². The molecule has 1 N–H and O–H groups in total. The third-order valence-corrected chi connectivity index (χ3v) is 4.97. The van der Waals surface area contributed by atoms with E-state index in [0.29, 0.717) is 5.92 Å². The van der Waals surface area contributed by atoms with Gasteiger partial charge in [0.05, 0.1) is 7.11 Å². The molecule has 0 aliphatic carbocycles. The van der Waals surface area contributed by atoms with Crippen LogP contribution in [0.25, 0.3) is 0 Å². The minimum absolute atomic E-state index is 0.0560. The van der Waals surface area contributed by atoms with E-state index in [0.717, 1.165) is 50.5 Å². The van der Waals surface area contributed by atoms with Crippen molar-refractivity contribution in [2.45, 2.75) is 19.4 Å². The van der Waals surface area contributed by atoms with Crippen molar-refractivity contribution in [2.75, 3.05) is 33.4 Å². The summed E-state index contributed by atoms with van der Waals surface area (Å²) in [7, 11) is 1.69. The lowest BCUT2D eigenvalue weighted by Crippen LogP contribution is -2.39. The first kappa shape index (κ1) is 19.2. The van der Waals surface area contributed by atoms with Gasteiger partial charge in [-0.25, -0.2) is 0 Å². The van der Waals surface area contributed by atoms with Crippen LogP contribution in [0.3, 0.4) is 0 Å². The molecule has 0 unspecified atom stereocenters. The largest absolute Gasteiger partial charge is 0.497 e. The summed E-state index contributed by atoms with van der Waals surface area (Å²) in [4.78, 5) is 14.4. The monoisotopic (exact) mass is 368 g/mol. The van der Waals surface area contributed by atoms with Crippen molar-refractivity contribution in [3.63, 3.8) is 0 Å². The number of carbonyl (C=O) groups excluding carboxylic acids is 1. The molecule has 1 amide bonds. The molecule has 27 heavy (non-hydrogen) atoms. The maximum absolute atomic E-state index is 12.0. The molecule has 2 aromatic rings. The van der Waals surface area contributed by atoms with Crippen molar-refractivity contribution in [1.82, 2.24) is 10.2 Å². The second-order valence-corrected chi connectivity index (χ2v) is 6.97. The minimum Gasteiger partial charge on any atom is -0.497 e. The molecular formula is C22H28N2O3. The number of rotatable bonds is 8. The Morgan fingerprint density at radius 2 is 1.74 bits per heavy atom. The molecule has 0 saturated carbocycles. The molecule has 3 rings (SSSR count). The predicted octanol–water partition coefficient (Wildman–Crippen LogP) is 3.10. The first-order valence-electron chi connectivity index (χ1n) is 9.53. The smallest absolute Gasteiger partial charge is 0.257 e. The van der Waals surface area contributed by atoms with Gasteiger partial charge in [-0.1, -0.05) is 30.3 Å². The summed E-state index contributed by atoms with van der Waals surface area (Å²) in [6, 6.07) is 17.7. The number of ether oxygens (including phenoxy) is 2. The van der Waals surface area contributed by atoms with E-state index in [2.05, 4.69) is 22.3 Å². The Bertz CT molecular complexity index is 695. The lowest BCUT2D eigenvalue weighted by atomic mass is 9.96. The minimum atomic E-state index is -0.0560. The molecule has 5 heteroatoms. The summed E-state index contributed by atoms with van der Waals surface area (Å²) in [5.41, 5.74) is 1.31. The summed E-state index contributed by atoms with van der Waals surface area (Å²) in [6.45, 7) is 3.89. The second-order valence-electron chi connectivity index (χ2n) is 6.97. The predicted molar refractivity (Wildman–Crippen MR) is 106 cm³/mol. The maximum atomic E-state index is 12.0. The molecule has 1 aliphatic rings. The fourth-order valence-electron chi connectivity index (χ4n) is 3.31. The van der Waals surface area contributed by atoms with Crippen molar-refractivity contribution in [1.29, 1.82) is 0 Å². The van der Waals surface area contributed by atoms with E-state index in [-0.39, 0.29) is 12.5 Å². The number of likely N-dealkylation sites (tertiary alicyclic amines) is 1. The van der Waals surface area contributed by atoms with Gasteiger partial charge in [0.2, 0.25) is 0 Å². The Labute approximate surface area is 161 Å². The Morgan fingerprint density at radius 1 is 1.04 bits per heavy atom. The van der Waals surface area contributed by atoms with Crippen LogP contribution in [-0.2, 0) is 11.3 Å². The molecule has 0 aromatic heterocycles. The molecule has 1 heterocycles. The number of methoxy groups -OCH3 is 1. The number of nitrogens with zero attached hydrogens (tertiary/aromatic N) is 1. The van der Waals surface area contributed by atoms with Gasteiger partial charge >= 0.3 is 0 Å². The fourth-order valence-corrected chi connectivity index (χ4v) is 3.31. The molecule has 1 saturated heterocycles. The van der Waals surface area contributed by atoms with Crippen LogP contribution in [0.1, 0.15) is 18.4 Å². The van der Waals surface area contributed by atoms with Gasteiger partial charge in [-0.3, -0.25) is 9.69 Å². The highest BCUT2D eigenvalue weighted by molar-refractivity contribution is 5.77. The zero-order valence-electron chi connectivity index (χ0n) is 15.9. The number of piperidine rings is 1. The van der Waals surface area contributed by atoms with Gasteiger partial charge in [0.25, 0.3) is 5.91 Å². The van der Waals surface area contributed by atoms with Crippen LogP contribution in [-0.4, -0.2) is 44.2 Å². The van der Waals surface area contributed by atoms with Crippen molar-refractivity contribution in [3.8, 4) is 11.5 Å². The van der Waals surface area contributed by atoms with Crippen molar-refractivity contribution >= 4 is 5.91 Å². The number of hydrogen-bond donors (Lipinski definition) is 1. The van der Waals surface area contributed by atoms with E-state index in [1.807, 2.05) is 42.5 Å². The standard InChI is InChI=1S/C22H28N2O3/c1-26-20-9-7-19(8-10-20)16-24-13-11-18(12-14-24)15-23-22(25)17-27-21-5-3-2-4-6-21/h2-10,18H,11-17H2,1H3,(H,23,25). The zero-order valence-corrected chi connectivity index (χ0v) is 15.9. The van der Waals surface area contributed by atoms with E-state index in [9.17, 15) is 4.79 Å². The van der Waals surface area contributed by atoms with Crippen LogP contribution >= 0.6 is 0 Å². The summed E-state index contributed by atoms with van der Waals surface area (Å²) in [5.74, 6) is 2.10. The quantitative estimate of drug-likeness (QED) is 0.778. The SMILES string of the molecule is COc1ccc(CN2CCC(CNC(=O)COc3ccccc3)CC2)cc1. The Hall–Kier alpha value is -2.53. The number of benzene rings is 2.